The molecule has 1 saturated heterocycles. The van der Waals surface area contributed by atoms with E-state index in [1.165, 1.54) is 19.5 Å². The van der Waals surface area contributed by atoms with E-state index in [1.807, 2.05) is 0 Å². The monoisotopic (exact) mass is 264 g/mol. The maximum Gasteiger partial charge on any atom is 0.108 e. The lowest BCUT2D eigenvalue weighted by atomic mass is 9.98. The molecular formula is C15H28N4. The van der Waals surface area contributed by atoms with Crippen LogP contribution in [0.25, 0.3) is 0 Å². The molecule has 0 radical (unpaired) electrons. The van der Waals surface area contributed by atoms with Gasteiger partial charge in [-0.1, -0.05) is 0 Å². The number of likely N-dealkylation sites (tertiary alicyclic amines) is 1. The van der Waals surface area contributed by atoms with E-state index in [9.17, 15) is 5.26 Å². The molecule has 1 saturated carbocycles. The fourth-order valence-electron chi connectivity index (χ4n) is 3.67. The first-order valence-corrected chi connectivity index (χ1v) is 7.55. The Morgan fingerprint density at radius 2 is 2.11 bits per heavy atom. The standard InChI is InChI=1S/C15H28N4/c1-12(2)17-15(11-16)7-5-13(9-15)19-8-6-14(10-19)18(3)4/h12-14,17H,5-10H2,1-4H3. The van der Waals surface area contributed by atoms with Gasteiger partial charge in [-0.3, -0.25) is 10.2 Å². The second-order valence-corrected chi connectivity index (χ2v) is 6.79. The van der Waals surface area contributed by atoms with Crippen molar-refractivity contribution in [3.63, 3.8) is 0 Å². The molecule has 1 aliphatic heterocycles. The molecule has 0 aromatic rings. The minimum Gasteiger partial charge on any atom is -0.305 e. The maximum absolute atomic E-state index is 9.53. The lowest BCUT2D eigenvalue weighted by Gasteiger charge is -2.29. The molecule has 2 aliphatic rings. The average molecular weight is 264 g/mol. The van der Waals surface area contributed by atoms with Crippen molar-refractivity contribution in [1.82, 2.24) is 15.1 Å². The summed E-state index contributed by atoms with van der Waals surface area (Å²) in [5.74, 6) is 0. The highest BCUT2D eigenvalue weighted by Crippen LogP contribution is 2.35. The highest BCUT2D eigenvalue weighted by atomic mass is 15.3. The normalized spacial score (nSPS) is 36.3. The van der Waals surface area contributed by atoms with Crippen LogP contribution in [0.4, 0.5) is 0 Å². The van der Waals surface area contributed by atoms with Gasteiger partial charge in [-0.05, 0) is 53.6 Å². The van der Waals surface area contributed by atoms with Crippen molar-refractivity contribution >= 4 is 0 Å². The van der Waals surface area contributed by atoms with Gasteiger partial charge in [-0.15, -0.1) is 0 Å². The summed E-state index contributed by atoms with van der Waals surface area (Å²) in [5, 5.41) is 13.0. The quantitative estimate of drug-likeness (QED) is 0.834. The largest absolute Gasteiger partial charge is 0.305 e. The Morgan fingerprint density at radius 3 is 2.63 bits per heavy atom. The fourth-order valence-corrected chi connectivity index (χ4v) is 3.67. The number of nitriles is 1. The van der Waals surface area contributed by atoms with E-state index in [0.717, 1.165) is 19.3 Å². The molecule has 4 heteroatoms. The topological polar surface area (TPSA) is 42.3 Å². The SMILES string of the molecule is CC(C)NC1(C#N)CCC(N2CCC(N(C)C)C2)C1. The van der Waals surface area contributed by atoms with E-state index < -0.39 is 0 Å². The van der Waals surface area contributed by atoms with Crippen LogP contribution in [0.15, 0.2) is 0 Å². The Labute approximate surface area is 117 Å². The minimum atomic E-state index is -0.283. The molecule has 0 amide bonds. The molecule has 1 aliphatic carbocycles. The number of nitrogens with zero attached hydrogens (tertiary/aromatic N) is 3. The third-order valence-corrected chi connectivity index (χ3v) is 4.71. The third-order valence-electron chi connectivity index (χ3n) is 4.71. The highest BCUT2D eigenvalue weighted by Gasteiger charge is 2.43. The summed E-state index contributed by atoms with van der Waals surface area (Å²) in [4.78, 5) is 4.94. The highest BCUT2D eigenvalue weighted by molar-refractivity contribution is 5.14. The van der Waals surface area contributed by atoms with Gasteiger partial charge in [0.15, 0.2) is 0 Å². The average Bonchev–Trinajstić information content (AvgIpc) is 2.94. The zero-order valence-corrected chi connectivity index (χ0v) is 12.8. The van der Waals surface area contributed by atoms with Crippen LogP contribution in [0.5, 0.6) is 0 Å². The van der Waals surface area contributed by atoms with Crippen LogP contribution in [0.3, 0.4) is 0 Å². The van der Waals surface area contributed by atoms with Gasteiger partial charge in [0.05, 0.1) is 6.07 Å². The summed E-state index contributed by atoms with van der Waals surface area (Å²) in [7, 11) is 4.34. The van der Waals surface area contributed by atoms with Gasteiger partial charge < -0.3 is 4.90 Å². The summed E-state index contributed by atoms with van der Waals surface area (Å²) in [6, 6.07) is 4.21. The van der Waals surface area contributed by atoms with Gasteiger partial charge in [-0.2, -0.15) is 5.26 Å². The molecule has 3 atom stereocenters. The molecule has 1 heterocycles. The molecule has 0 aromatic carbocycles. The predicted molar refractivity (Wildman–Crippen MR) is 77.9 cm³/mol. The zero-order valence-electron chi connectivity index (χ0n) is 12.8. The molecule has 108 valence electrons. The Morgan fingerprint density at radius 1 is 1.37 bits per heavy atom. The summed E-state index contributed by atoms with van der Waals surface area (Å²) < 4.78 is 0. The van der Waals surface area contributed by atoms with E-state index >= 15 is 0 Å². The van der Waals surface area contributed by atoms with Crippen LogP contribution >= 0.6 is 0 Å². The van der Waals surface area contributed by atoms with Crippen LogP contribution in [-0.2, 0) is 0 Å². The minimum absolute atomic E-state index is 0.283. The van der Waals surface area contributed by atoms with E-state index in [4.69, 9.17) is 0 Å². The lowest BCUT2D eigenvalue weighted by Crippen LogP contribution is -2.47. The van der Waals surface area contributed by atoms with Crippen LogP contribution in [0.2, 0.25) is 0 Å². The number of likely N-dealkylation sites (N-methyl/N-ethyl adjacent to an activating group) is 1. The zero-order chi connectivity index (χ0) is 14.0. The van der Waals surface area contributed by atoms with Crippen molar-refractivity contribution in [2.75, 3.05) is 27.2 Å². The Hall–Kier alpha value is -0.630. The van der Waals surface area contributed by atoms with Gasteiger partial charge in [0.25, 0.3) is 0 Å². The molecule has 4 nitrogen and oxygen atoms in total. The van der Waals surface area contributed by atoms with Crippen molar-refractivity contribution in [3.8, 4) is 6.07 Å². The molecular weight excluding hydrogens is 236 g/mol. The molecule has 19 heavy (non-hydrogen) atoms. The summed E-state index contributed by atoms with van der Waals surface area (Å²) in [6.07, 6.45) is 4.41. The van der Waals surface area contributed by atoms with Gasteiger partial charge in [0.2, 0.25) is 0 Å². The fraction of sp³-hybridized carbons (Fsp3) is 0.933. The van der Waals surface area contributed by atoms with Crippen LogP contribution in [0, 0.1) is 11.3 Å². The molecule has 0 spiro atoms. The predicted octanol–water partition coefficient (Wildman–Crippen LogP) is 1.44. The Bertz CT molecular complexity index is 347. The number of hydrogen-bond donors (Lipinski definition) is 1. The Kier molecular flexibility index (Phi) is 4.50. The first-order valence-electron chi connectivity index (χ1n) is 7.55. The summed E-state index contributed by atoms with van der Waals surface area (Å²) in [5.41, 5.74) is -0.283. The second-order valence-electron chi connectivity index (χ2n) is 6.79. The number of hydrogen-bond acceptors (Lipinski definition) is 4. The maximum atomic E-state index is 9.53. The second kappa shape index (κ2) is 5.78. The molecule has 2 fully saturated rings. The number of rotatable bonds is 4. The molecule has 0 bridgehead atoms. The van der Waals surface area contributed by atoms with Gasteiger partial charge in [0.1, 0.15) is 5.54 Å². The molecule has 1 N–H and O–H groups in total. The Balaban J connectivity index is 1.93. The van der Waals surface area contributed by atoms with Crippen LogP contribution < -0.4 is 5.32 Å². The van der Waals surface area contributed by atoms with Gasteiger partial charge in [0, 0.05) is 31.2 Å². The van der Waals surface area contributed by atoms with Gasteiger partial charge >= 0.3 is 0 Å². The van der Waals surface area contributed by atoms with Crippen molar-refractivity contribution in [1.29, 1.82) is 5.26 Å². The summed E-state index contributed by atoms with van der Waals surface area (Å²) >= 11 is 0. The third kappa shape index (κ3) is 3.28. The van der Waals surface area contributed by atoms with Crippen molar-refractivity contribution in [2.24, 2.45) is 0 Å². The molecule has 0 aromatic heterocycles. The number of nitrogens with one attached hydrogen (secondary N) is 1. The molecule has 2 rings (SSSR count). The summed E-state index contributed by atoms with van der Waals surface area (Å²) in [6.45, 7) is 6.62. The van der Waals surface area contributed by atoms with Crippen molar-refractivity contribution in [3.05, 3.63) is 0 Å². The van der Waals surface area contributed by atoms with E-state index in [0.29, 0.717) is 18.1 Å². The van der Waals surface area contributed by atoms with Crippen LogP contribution in [0.1, 0.15) is 39.5 Å². The first-order chi connectivity index (χ1) is 8.96. The van der Waals surface area contributed by atoms with E-state index in [-0.39, 0.29) is 5.54 Å². The van der Waals surface area contributed by atoms with E-state index in [1.54, 1.807) is 0 Å². The van der Waals surface area contributed by atoms with E-state index in [2.05, 4.69) is 49.1 Å². The lowest BCUT2D eigenvalue weighted by molar-refractivity contribution is 0.210. The van der Waals surface area contributed by atoms with Crippen LogP contribution in [-0.4, -0.2) is 60.6 Å². The van der Waals surface area contributed by atoms with Gasteiger partial charge in [-0.25, -0.2) is 0 Å². The van der Waals surface area contributed by atoms with Crippen molar-refractivity contribution < 1.29 is 0 Å². The first kappa shape index (κ1) is 14.8. The van der Waals surface area contributed by atoms with Crippen molar-refractivity contribution in [2.45, 2.75) is 63.2 Å². The smallest absolute Gasteiger partial charge is 0.108 e. The molecule has 3 unspecified atom stereocenters.